The molecule has 0 saturated heterocycles. The summed E-state index contributed by atoms with van der Waals surface area (Å²) in [4.78, 5) is 0. The van der Waals surface area contributed by atoms with Crippen molar-refractivity contribution in [3.8, 4) is 11.4 Å². The number of hydrogen-bond acceptors (Lipinski definition) is 4. The zero-order valence-electron chi connectivity index (χ0n) is 16.6. The maximum absolute atomic E-state index is 5.97. The summed E-state index contributed by atoms with van der Waals surface area (Å²) in [5.74, 6) is 2.45. The van der Waals surface area contributed by atoms with Crippen LogP contribution in [0.15, 0.2) is 84.0 Å². The average Bonchev–Trinajstić information content (AvgIpc) is 3.16. The van der Waals surface area contributed by atoms with E-state index in [-0.39, 0.29) is 0 Å². The average molecular weight is 402 g/mol. The Kier molecular flexibility index (Phi) is 5.96. The van der Waals surface area contributed by atoms with E-state index in [0.717, 1.165) is 28.2 Å². The molecule has 0 saturated carbocycles. The Hall–Kier alpha value is -3.05. The molecule has 1 aromatic heterocycles. The second-order valence-electron chi connectivity index (χ2n) is 6.89. The molecule has 0 aliphatic heterocycles. The smallest absolute Gasteiger partial charge is 0.196 e. The molecule has 0 amide bonds. The van der Waals surface area contributed by atoms with Gasteiger partial charge in [-0.15, -0.1) is 10.2 Å². The second-order valence-corrected chi connectivity index (χ2v) is 7.83. The minimum absolute atomic E-state index is 0.357. The van der Waals surface area contributed by atoms with Crippen molar-refractivity contribution in [1.29, 1.82) is 0 Å². The van der Waals surface area contributed by atoms with Crippen molar-refractivity contribution in [3.63, 3.8) is 0 Å². The van der Waals surface area contributed by atoms with Crippen molar-refractivity contribution < 1.29 is 4.74 Å². The van der Waals surface area contributed by atoms with Crippen molar-refractivity contribution in [2.75, 3.05) is 0 Å². The molecule has 0 bridgehead atoms. The Morgan fingerprint density at radius 2 is 1.55 bits per heavy atom. The summed E-state index contributed by atoms with van der Waals surface area (Å²) in [5.41, 5.74) is 4.83. The minimum Gasteiger partial charge on any atom is -0.486 e. The molecule has 4 rings (SSSR count). The highest BCUT2D eigenvalue weighted by molar-refractivity contribution is 7.98. The van der Waals surface area contributed by atoms with Gasteiger partial charge in [0.15, 0.2) is 11.0 Å². The number of rotatable bonds is 7. The number of aromatic nitrogens is 3. The molecule has 0 aliphatic rings. The maximum atomic E-state index is 5.97. The van der Waals surface area contributed by atoms with Crippen LogP contribution in [0.3, 0.4) is 0 Å². The van der Waals surface area contributed by atoms with E-state index in [1.165, 1.54) is 16.7 Å². The fraction of sp³-hybridized carbons (Fsp3) is 0.167. The van der Waals surface area contributed by atoms with Gasteiger partial charge in [0, 0.05) is 11.4 Å². The first-order valence-corrected chi connectivity index (χ1v) is 10.6. The van der Waals surface area contributed by atoms with E-state index in [1.807, 2.05) is 42.5 Å². The minimum atomic E-state index is 0.357. The highest BCUT2D eigenvalue weighted by Gasteiger charge is 2.15. The van der Waals surface area contributed by atoms with E-state index >= 15 is 0 Å². The van der Waals surface area contributed by atoms with Gasteiger partial charge in [0.1, 0.15) is 12.4 Å². The van der Waals surface area contributed by atoms with E-state index in [4.69, 9.17) is 4.74 Å². The summed E-state index contributed by atoms with van der Waals surface area (Å²) in [6, 6.07) is 26.7. The predicted molar refractivity (Wildman–Crippen MR) is 118 cm³/mol. The number of para-hydroxylation sites is 1. The topological polar surface area (TPSA) is 39.9 Å². The summed E-state index contributed by atoms with van der Waals surface area (Å²) < 4.78 is 8.05. The standard InChI is InChI=1S/C24H23N3OS/c1-18-12-14-22(15-13-18)28-16-23-25-26-24(27(23)21-10-4-3-5-11-21)29-17-20-9-7-6-8-19(20)2/h3-15H,16-17H2,1-2H3. The van der Waals surface area contributed by atoms with Gasteiger partial charge >= 0.3 is 0 Å². The molecule has 0 N–H and O–H groups in total. The molecule has 1 heterocycles. The molecule has 5 heteroatoms. The first kappa shape index (κ1) is 19.3. The van der Waals surface area contributed by atoms with Gasteiger partial charge in [-0.1, -0.05) is 71.9 Å². The lowest BCUT2D eigenvalue weighted by Crippen LogP contribution is -2.06. The van der Waals surface area contributed by atoms with Gasteiger partial charge in [-0.2, -0.15) is 0 Å². The van der Waals surface area contributed by atoms with Crippen molar-refractivity contribution in [2.24, 2.45) is 0 Å². The zero-order valence-corrected chi connectivity index (χ0v) is 17.4. The highest BCUT2D eigenvalue weighted by atomic mass is 32.2. The normalized spacial score (nSPS) is 10.8. The predicted octanol–water partition coefficient (Wildman–Crippen LogP) is 5.76. The number of benzene rings is 3. The van der Waals surface area contributed by atoms with Gasteiger partial charge in [0.25, 0.3) is 0 Å². The molecule has 0 aliphatic carbocycles. The molecule has 146 valence electrons. The summed E-state index contributed by atoms with van der Waals surface area (Å²) >= 11 is 1.69. The van der Waals surface area contributed by atoms with Crippen LogP contribution in [0.25, 0.3) is 5.69 Å². The van der Waals surface area contributed by atoms with Crippen LogP contribution < -0.4 is 4.74 Å². The Morgan fingerprint density at radius 3 is 2.31 bits per heavy atom. The van der Waals surface area contributed by atoms with Crippen LogP contribution in [-0.4, -0.2) is 14.8 Å². The van der Waals surface area contributed by atoms with Crippen molar-refractivity contribution in [1.82, 2.24) is 14.8 Å². The Balaban J connectivity index is 1.58. The molecule has 3 aromatic carbocycles. The summed E-state index contributed by atoms with van der Waals surface area (Å²) in [5, 5.41) is 9.75. The molecule has 4 nitrogen and oxygen atoms in total. The third-order valence-corrected chi connectivity index (χ3v) is 5.70. The molecular weight excluding hydrogens is 378 g/mol. The van der Waals surface area contributed by atoms with Gasteiger partial charge in [0.2, 0.25) is 0 Å². The van der Waals surface area contributed by atoms with E-state index in [1.54, 1.807) is 11.8 Å². The monoisotopic (exact) mass is 401 g/mol. The van der Waals surface area contributed by atoms with E-state index < -0.39 is 0 Å². The first-order valence-electron chi connectivity index (χ1n) is 9.57. The van der Waals surface area contributed by atoms with Gasteiger partial charge in [-0.3, -0.25) is 4.57 Å². The molecular formula is C24H23N3OS. The molecule has 4 aromatic rings. The highest BCUT2D eigenvalue weighted by Crippen LogP contribution is 2.27. The number of thioether (sulfide) groups is 1. The van der Waals surface area contributed by atoms with Crippen LogP contribution in [-0.2, 0) is 12.4 Å². The van der Waals surface area contributed by atoms with Crippen LogP contribution in [0.4, 0.5) is 0 Å². The number of ether oxygens (including phenoxy) is 1. The summed E-state index contributed by atoms with van der Waals surface area (Å²) in [6.07, 6.45) is 0. The second kappa shape index (κ2) is 8.97. The van der Waals surface area contributed by atoms with Crippen molar-refractivity contribution in [2.45, 2.75) is 31.4 Å². The van der Waals surface area contributed by atoms with Gasteiger partial charge < -0.3 is 4.74 Å². The van der Waals surface area contributed by atoms with Crippen molar-refractivity contribution in [3.05, 3.63) is 101 Å². The quantitative estimate of drug-likeness (QED) is 0.369. The van der Waals surface area contributed by atoms with E-state index in [0.29, 0.717) is 6.61 Å². The number of aryl methyl sites for hydroxylation is 2. The first-order chi connectivity index (χ1) is 14.2. The van der Waals surface area contributed by atoms with Crippen LogP contribution in [0, 0.1) is 13.8 Å². The fourth-order valence-electron chi connectivity index (χ4n) is 3.02. The third kappa shape index (κ3) is 4.69. The molecule has 0 radical (unpaired) electrons. The largest absolute Gasteiger partial charge is 0.486 e. The van der Waals surface area contributed by atoms with Gasteiger partial charge in [-0.25, -0.2) is 0 Å². The number of nitrogens with zero attached hydrogens (tertiary/aromatic N) is 3. The summed E-state index contributed by atoms with van der Waals surface area (Å²) in [7, 11) is 0. The molecule has 0 atom stereocenters. The summed E-state index contributed by atoms with van der Waals surface area (Å²) in [6.45, 7) is 4.56. The van der Waals surface area contributed by atoms with Crippen LogP contribution >= 0.6 is 11.8 Å². The van der Waals surface area contributed by atoms with Gasteiger partial charge in [0.05, 0.1) is 0 Å². The Bertz CT molecular complexity index is 1070. The Morgan fingerprint density at radius 1 is 0.828 bits per heavy atom. The lowest BCUT2D eigenvalue weighted by Gasteiger charge is -2.11. The lowest BCUT2D eigenvalue weighted by molar-refractivity contribution is 0.293. The third-order valence-electron chi connectivity index (χ3n) is 4.72. The van der Waals surface area contributed by atoms with E-state index in [2.05, 4.69) is 65.0 Å². The molecule has 0 spiro atoms. The van der Waals surface area contributed by atoms with Crippen LogP contribution in [0.5, 0.6) is 5.75 Å². The zero-order chi connectivity index (χ0) is 20.1. The molecule has 29 heavy (non-hydrogen) atoms. The molecule has 0 fully saturated rings. The lowest BCUT2D eigenvalue weighted by atomic mass is 10.1. The van der Waals surface area contributed by atoms with Crippen molar-refractivity contribution >= 4 is 11.8 Å². The SMILES string of the molecule is Cc1ccc(OCc2nnc(SCc3ccccc3C)n2-c2ccccc2)cc1. The fourth-order valence-corrected chi connectivity index (χ4v) is 4.07. The van der Waals surface area contributed by atoms with Crippen LogP contribution in [0.2, 0.25) is 0 Å². The molecule has 0 unspecified atom stereocenters. The maximum Gasteiger partial charge on any atom is 0.196 e. The van der Waals surface area contributed by atoms with Gasteiger partial charge in [-0.05, 0) is 49.2 Å². The Labute approximate surface area is 175 Å². The number of hydrogen-bond donors (Lipinski definition) is 0. The van der Waals surface area contributed by atoms with Crippen LogP contribution in [0.1, 0.15) is 22.5 Å². The van der Waals surface area contributed by atoms with E-state index in [9.17, 15) is 0 Å².